The monoisotopic (exact) mass is 850 g/mol. The average molecular weight is 851 g/mol. The third-order valence-corrected chi connectivity index (χ3v) is 10.2. The predicted octanol–water partition coefficient (Wildman–Crippen LogP) is 9.07. The topological polar surface area (TPSA) is 294 Å². The zero-order valence-corrected chi connectivity index (χ0v) is 32.4. The summed E-state index contributed by atoms with van der Waals surface area (Å²) in [5, 5.41) is 51.9. The van der Waals surface area contributed by atoms with Crippen LogP contribution in [0.15, 0.2) is 139 Å². The van der Waals surface area contributed by atoms with Gasteiger partial charge in [0.05, 0.1) is 11.4 Å². The van der Waals surface area contributed by atoms with Gasteiger partial charge in [-0.1, -0.05) is 30.3 Å². The Hall–Kier alpha value is -7.65. The minimum Gasteiger partial charge on any atom is -0.505 e. The number of urea groups is 1. The molecule has 2 amide bonds. The molecule has 0 saturated heterocycles. The van der Waals surface area contributed by atoms with E-state index in [1.807, 2.05) is 0 Å². The van der Waals surface area contributed by atoms with Crippen LogP contribution >= 0.6 is 0 Å². The molecule has 0 aliphatic rings. The number of fused-ring (bicyclic) bond motifs is 2. The maximum Gasteiger partial charge on any atom is 0.328 e. The van der Waals surface area contributed by atoms with Crippen LogP contribution in [0.3, 0.4) is 0 Å². The van der Waals surface area contributed by atoms with Gasteiger partial charge in [0.2, 0.25) is 0 Å². The molecule has 60 heavy (non-hydrogen) atoms. The summed E-state index contributed by atoms with van der Waals surface area (Å²) < 4.78 is 69.5. The van der Waals surface area contributed by atoms with E-state index in [0.29, 0.717) is 11.1 Å². The van der Waals surface area contributed by atoms with E-state index < -0.39 is 64.9 Å². The number of aliphatic carboxylic acids is 1. The Morgan fingerprint density at radius 1 is 0.567 bits per heavy atom. The van der Waals surface area contributed by atoms with Crippen molar-refractivity contribution in [2.45, 2.75) is 16.7 Å². The maximum atomic E-state index is 13.1. The first-order valence-electron chi connectivity index (χ1n) is 17.1. The summed E-state index contributed by atoms with van der Waals surface area (Å²) in [5.74, 6) is -2.56. The number of carboxylic acids is 1. The lowest BCUT2D eigenvalue weighted by atomic mass is 10.1. The second-order valence-corrected chi connectivity index (χ2v) is 15.5. The van der Waals surface area contributed by atoms with Crippen LogP contribution in [0.25, 0.3) is 33.7 Å². The van der Waals surface area contributed by atoms with Gasteiger partial charge in [-0.25, -0.2) is 9.59 Å². The van der Waals surface area contributed by atoms with Crippen molar-refractivity contribution >= 4 is 106 Å². The van der Waals surface area contributed by atoms with Crippen molar-refractivity contribution in [3.05, 3.63) is 120 Å². The Morgan fingerprint density at radius 2 is 0.967 bits per heavy atom. The molecule has 18 nitrogen and oxygen atoms in total. The van der Waals surface area contributed by atoms with Gasteiger partial charge in [-0.05, 0) is 114 Å². The maximum absolute atomic E-state index is 13.1. The van der Waals surface area contributed by atoms with Crippen LogP contribution in [0.5, 0.6) is 11.5 Å². The highest BCUT2D eigenvalue weighted by molar-refractivity contribution is 7.86. The Bertz CT molecular complexity index is 2870. The van der Waals surface area contributed by atoms with Crippen LogP contribution in [0.2, 0.25) is 0 Å². The molecule has 0 spiro atoms. The molecule has 6 rings (SSSR count). The van der Waals surface area contributed by atoms with Crippen molar-refractivity contribution in [2.75, 3.05) is 10.6 Å². The van der Waals surface area contributed by atoms with Gasteiger partial charge in [0.15, 0.2) is 17.3 Å². The molecule has 20 heteroatoms. The minimum absolute atomic E-state index is 0.0668. The number of rotatable bonds is 12. The van der Waals surface area contributed by atoms with Crippen molar-refractivity contribution in [3.8, 4) is 11.5 Å². The summed E-state index contributed by atoms with van der Waals surface area (Å²) >= 11 is 0. The summed E-state index contributed by atoms with van der Waals surface area (Å²) in [5.41, 5.74) is 0.805. The summed E-state index contributed by atoms with van der Waals surface area (Å²) in [4.78, 5) is 33.4. The van der Waals surface area contributed by atoms with Crippen molar-refractivity contribution in [1.82, 2.24) is 0 Å². The summed E-state index contributed by atoms with van der Waals surface area (Å²) in [6, 6.07) is 21.7. The van der Waals surface area contributed by atoms with E-state index in [1.54, 1.807) is 18.2 Å². The van der Waals surface area contributed by atoms with Gasteiger partial charge in [-0.2, -0.15) is 27.1 Å². The van der Waals surface area contributed by atoms with Crippen molar-refractivity contribution in [1.29, 1.82) is 0 Å². The molecular weight excluding hydrogens is 821 g/mol. The number of benzene rings is 6. The first kappa shape index (κ1) is 42.0. The second kappa shape index (κ2) is 17.1. The normalized spacial score (nSPS) is 12.3. The number of aromatic hydroxyl groups is 2. The van der Waals surface area contributed by atoms with Crippen LogP contribution in [0, 0.1) is 0 Å². The zero-order valence-electron chi connectivity index (χ0n) is 30.7. The highest BCUT2D eigenvalue weighted by atomic mass is 32.2. The fourth-order valence-corrected chi connectivity index (χ4v) is 6.96. The van der Waals surface area contributed by atoms with E-state index in [-0.39, 0.29) is 50.1 Å². The van der Waals surface area contributed by atoms with Crippen LogP contribution in [0.1, 0.15) is 18.1 Å². The zero-order chi connectivity index (χ0) is 43.4. The first-order valence-corrected chi connectivity index (χ1v) is 20.0. The van der Waals surface area contributed by atoms with Gasteiger partial charge >= 0.3 is 12.0 Å². The number of anilines is 2. The first-order chi connectivity index (χ1) is 28.3. The number of nitrogens with zero attached hydrogens (tertiary/aromatic N) is 4. The second-order valence-electron chi connectivity index (χ2n) is 12.7. The number of nitrogens with one attached hydrogen (secondary N) is 2. The van der Waals surface area contributed by atoms with Crippen LogP contribution in [-0.4, -0.2) is 59.0 Å². The van der Waals surface area contributed by atoms with E-state index in [1.165, 1.54) is 91.9 Å². The fraction of sp³-hybridized carbons (Fsp3) is 0.0250. The molecule has 0 aromatic heterocycles. The van der Waals surface area contributed by atoms with Crippen molar-refractivity contribution in [3.63, 3.8) is 0 Å². The lowest BCUT2D eigenvalue weighted by Crippen LogP contribution is -2.19. The number of allylic oxidation sites excluding steroid dienone is 1. The largest absolute Gasteiger partial charge is 0.505 e. The molecule has 6 aromatic carbocycles. The standard InChI is InChI=1S/C40H30N6O12S2/c1-22(47)2-3-23-4-9-27(10-5-23)43-45-36-33(59(53,54)55)20-25-18-29(13-15-31(25)38(36)50)41-40(52)42-30-14-16-32-26(19-30)21-34(60(56,57)58)37(39(32)51)46-44-28-11-6-24(7-12-28)8-17-35(48)49/h2-21,50-51H,1H3,(H,48,49)(H2,41,42,52)(H,53,54,55)(H,56,57,58)/b3-2+,17-8+,45-43?,46-44?. The SMILES string of the molecule is CC(=O)/C=C/c1ccc(N=Nc2c(S(=O)(=O)O)cc3cc(NC(=O)Nc4ccc5c(O)c(N=Nc6ccc(/C=C/C(=O)O)cc6)c(S(=O)(=O)O)cc5c4)ccc3c2O)cc1. The Balaban J connectivity index is 1.23. The molecule has 0 bridgehead atoms. The van der Waals surface area contributed by atoms with E-state index >= 15 is 0 Å². The van der Waals surface area contributed by atoms with Gasteiger partial charge in [0.25, 0.3) is 20.2 Å². The molecular formula is C40H30N6O12S2. The van der Waals surface area contributed by atoms with Gasteiger partial charge in [-0.3, -0.25) is 13.9 Å². The number of amides is 2. The fourth-order valence-electron chi connectivity index (χ4n) is 5.64. The molecule has 0 unspecified atom stereocenters. The molecule has 0 atom stereocenters. The smallest absolute Gasteiger partial charge is 0.328 e. The third-order valence-electron chi connectivity index (χ3n) is 8.42. The average Bonchev–Trinajstić information content (AvgIpc) is 3.18. The third kappa shape index (κ3) is 10.1. The molecule has 7 N–H and O–H groups in total. The summed E-state index contributed by atoms with van der Waals surface area (Å²) in [6.45, 7) is 1.40. The molecule has 0 radical (unpaired) electrons. The van der Waals surface area contributed by atoms with E-state index in [9.17, 15) is 50.5 Å². The number of hydrogen-bond acceptors (Lipinski definition) is 13. The number of hydrogen-bond donors (Lipinski definition) is 7. The Labute approximate surface area is 340 Å². The highest BCUT2D eigenvalue weighted by Crippen LogP contribution is 2.43. The number of azo groups is 2. The molecule has 304 valence electrons. The number of ketones is 1. The lowest BCUT2D eigenvalue weighted by molar-refractivity contribution is -0.131. The van der Waals surface area contributed by atoms with Crippen molar-refractivity contribution < 1.29 is 55.6 Å². The van der Waals surface area contributed by atoms with Gasteiger partial charge in [0.1, 0.15) is 21.2 Å². The number of phenolic OH excluding ortho intramolecular Hbond substituents is 2. The number of carbonyl (C=O) groups is 3. The van der Waals surface area contributed by atoms with E-state index in [2.05, 4.69) is 31.1 Å². The van der Waals surface area contributed by atoms with E-state index in [4.69, 9.17) is 5.11 Å². The molecule has 0 saturated carbocycles. The Morgan fingerprint density at radius 3 is 1.33 bits per heavy atom. The molecule has 6 aromatic rings. The molecule has 0 aliphatic carbocycles. The van der Waals surface area contributed by atoms with Crippen LogP contribution in [-0.2, 0) is 29.8 Å². The van der Waals surface area contributed by atoms with Gasteiger partial charge in [-0.15, -0.1) is 10.2 Å². The number of carbonyl (C=O) groups excluding carboxylic acids is 2. The quantitative estimate of drug-likeness (QED) is 0.0345. The molecule has 0 heterocycles. The lowest BCUT2D eigenvalue weighted by Gasteiger charge is -2.13. The van der Waals surface area contributed by atoms with Gasteiger partial charge < -0.3 is 26.0 Å². The highest BCUT2D eigenvalue weighted by Gasteiger charge is 2.24. The predicted molar refractivity (Wildman–Crippen MR) is 221 cm³/mol. The number of carboxylic acid groups (broad SMARTS) is 1. The number of phenols is 2. The Kier molecular flexibility index (Phi) is 11.9. The van der Waals surface area contributed by atoms with Crippen LogP contribution < -0.4 is 10.6 Å². The molecule has 0 aliphatic heterocycles. The summed E-state index contributed by atoms with van der Waals surface area (Å²) in [7, 11) is -9.94. The van der Waals surface area contributed by atoms with Gasteiger partial charge in [0, 0.05) is 28.2 Å². The van der Waals surface area contributed by atoms with Crippen LogP contribution in [0.4, 0.5) is 38.9 Å². The minimum atomic E-state index is -4.98. The van der Waals surface area contributed by atoms with E-state index in [0.717, 1.165) is 18.2 Å². The van der Waals surface area contributed by atoms with Crippen molar-refractivity contribution in [2.24, 2.45) is 20.5 Å². The summed E-state index contributed by atoms with van der Waals surface area (Å²) in [6.07, 6.45) is 5.25. The molecule has 0 fully saturated rings.